The Labute approximate surface area is 193 Å². The average Bonchev–Trinajstić information content (AvgIpc) is 3.24. The van der Waals surface area contributed by atoms with Crippen molar-refractivity contribution in [1.29, 1.82) is 0 Å². The number of benzene rings is 4. The molecule has 5 aromatic rings. The minimum Gasteiger partial charge on any atom is -0.316 e. The second-order valence-corrected chi connectivity index (χ2v) is 9.19. The fourth-order valence-corrected chi connectivity index (χ4v) is 4.55. The third kappa shape index (κ3) is 4.23. The summed E-state index contributed by atoms with van der Waals surface area (Å²) < 4.78 is 66.8. The highest BCUT2D eigenvalue weighted by Crippen LogP contribution is 2.37. The number of aromatic nitrogens is 1. The number of fused-ring (bicyclic) bond motifs is 3. The van der Waals surface area contributed by atoms with Crippen molar-refractivity contribution in [3.63, 3.8) is 0 Å². The Bertz CT molecular complexity index is 1640. The molecule has 0 atom stereocenters. The summed E-state index contributed by atoms with van der Waals surface area (Å²) in [5.41, 5.74) is 0.824. The van der Waals surface area contributed by atoms with E-state index in [0.29, 0.717) is 16.9 Å². The fraction of sp³-hybridized carbons (Fsp3) is 0.0400. The maximum atomic E-state index is 13.6. The lowest BCUT2D eigenvalue weighted by Gasteiger charge is -2.12. The average molecular weight is 481 g/mol. The molecule has 0 unspecified atom stereocenters. The molecule has 0 fully saturated rings. The van der Waals surface area contributed by atoms with Crippen molar-refractivity contribution >= 4 is 37.4 Å². The lowest BCUT2D eigenvalue weighted by atomic mass is 9.99. The molecule has 0 aliphatic rings. The zero-order valence-corrected chi connectivity index (χ0v) is 18.4. The molecule has 5 nitrogen and oxygen atoms in total. The number of rotatable bonds is 4. The van der Waals surface area contributed by atoms with E-state index in [4.69, 9.17) is 5.14 Å². The van der Waals surface area contributed by atoms with Crippen molar-refractivity contribution in [1.82, 2.24) is 4.57 Å². The second kappa shape index (κ2) is 7.89. The molecule has 0 radical (unpaired) electrons. The van der Waals surface area contributed by atoms with Crippen molar-refractivity contribution < 1.29 is 21.6 Å². The fourth-order valence-electron chi connectivity index (χ4n) is 4.08. The standard InChI is InChI=1S/C25H18F3N3O2S/c26-25(27,28)19-14-24(31(15-19)21-10-8-20(9-11-21)30-34(29,32)33)18-7-12-23-17(13-18)6-5-16-3-1-2-4-22(16)23/h1-15,30H,(H2,29,32,33). The van der Waals surface area contributed by atoms with Gasteiger partial charge in [0.05, 0.1) is 11.3 Å². The third-order valence-corrected chi connectivity index (χ3v) is 6.11. The van der Waals surface area contributed by atoms with Crippen molar-refractivity contribution in [3.05, 3.63) is 96.7 Å². The van der Waals surface area contributed by atoms with Gasteiger partial charge in [0, 0.05) is 17.6 Å². The summed E-state index contributed by atoms with van der Waals surface area (Å²) >= 11 is 0. The quantitative estimate of drug-likeness (QED) is 0.305. The molecule has 0 amide bonds. The minimum absolute atomic E-state index is 0.202. The van der Waals surface area contributed by atoms with Crippen LogP contribution in [0.4, 0.5) is 18.9 Å². The van der Waals surface area contributed by atoms with E-state index in [1.165, 1.54) is 28.8 Å². The van der Waals surface area contributed by atoms with Gasteiger partial charge in [-0.05, 0) is 63.5 Å². The highest BCUT2D eigenvalue weighted by atomic mass is 32.2. The van der Waals surface area contributed by atoms with E-state index < -0.39 is 21.9 Å². The SMILES string of the molecule is NS(=O)(=O)Nc1ccc(-n2cc(C(F)(F)F)cc2-c2ccc3c(ccc4ccccc43)c2)cc1. The molecule has 172 valence electrons. The van der Waals surface area contributed by atoms with Crippen LogP contribution in [0.1, 0.15) is 5.56 Å². The molecule has 0 spiro atoms. The van der Waals surface area contributed by atoms with E-state index in [0.717, 1.165) is 33.8 Å². The molecule has 0 saturated carbocycles. The first-order valence-electron chi connectivity index (χ1n) is 10.2. The van der Waals surface area contributed by atoms with Crippen LogP contribution >= 0.6 is 0 Å². The van der Waals surface area contributed by atoms with E-state index in [1.807, 2.05) is 48.5 Å². The largest absolute Gasteiger partial charge is 0.417 e. The summed E-state index contributed by atoms with van der Waals surface area (Å²) in [6.07, 6.45) is -3.50. The number of anilines is 1. The first-order valence-corrected chi connectivity index (χ1v) is 11.8. The van der Waals surface area contributed by atoms with Crippen LogP contribution in [0.5, 0.6) is 0 Å². The Morgan fingerprint density at radius 1 is 0.794 bits per heavy atom. The lowest BCUT2D eigenvalue weighted by Crippen LogP contribution is -2.21. The van der Waals surface area contributed by atoms with Gasteiger partial charge in [-0.1, -0.05) is 48.5 Å². The van der Waals surface area contributed by atoms with Crippen LogP contribution in [0.25, 0.3) is 38.5 Å². The van der Waals surface area contributed by atoms with Crippen LogP contribution < -0.4 is 9.86 Å². The van der Waals surface area contributed by atoms with Crippen LogP contribution in [0.3, 0.4) is 0 Å². The normalized spacial score (nSPS) is 12.4. The lowest BCUT2D eigenvalue weighted by molar-refractivity contribution is -0.137. The maximum absolute atomic E-state index is 13.6. The highest BCUT2D eigenvalue weighted by molar-refractivity contribution is 7.90. The zero-order chi connectivity index (χ0) is 24.1. The predicted molar refractivity (Wildman–Crippen MR) is 128 cm³/mol. The molecule has 4 aromatic carbocycles. The number of hydrogen-bond donors (Lipinski definition) is 2. The van der Waals surface area contributed by atoms with Gasteiger partial charge < -0.3 is 4.57 Å². The summed E-state index contributed by atoms with van der Waals surface area (Å²) in [6.45, 7) is 0. The Morgan fingerprint density at radius 2 is 1.47 bits per heavy atom. The van der Waals surface area contributed by atoms with Gasteiger partial charge in [-0.15, -0.1) is 0 Å². The van der Waals surface area contributed by atoms with Crippen LogP contribution in [0, 0.1) is 0 Å². The van der Waals surface area contributed by atoms with Gasteiger partial charge in [0.1, 0.15) is 0 Å². The summed E-state index contributed by atoms with van der Waals surface area (Å²) in [5, 5.41) is 9.04. The zero-order valence-electron chi connectivity index (χ0n) is 17.5. The number of nitrogens with zero attached hydrogens (tertiary/aromatic N) is 1. The van der Waals surface area contributed by atoms with Gasteiger partial charge in [-0.2, -0.15) is 21.6 Å². The van der Waals surface area contributed by atoms with Crippen LogP contribution in [0.2, 0.25) is 0 Å². The second-order valence-electron chi connectivity index (χ2n) is 7.90. The van der Waals surface area contributed by atoms with Crippen molar-refractivity contribution in [2.24, 2.45) is 5.14 Å². The molecule has 1 heterocycles. The van der Waals surface area contributed by atoms with Crippen molar-refractivity contribution in [2.45, 2.75) is 6.18 Å². The topological polar surface area (TPSA) is 77.1 Å². The molecule has 1 aromatic heterocycles. The molecule has 5 rings (SSSR count). The summed E-state index contributed by atoms with van der Waals surface area (Å²) in [5.74, 6) is 0. The van der Waals surface area contributed by atoms with Gasteiger partial charge in [-0.25, -0.2) is 5.14 Å². The number of alkyl halides is 3. The van der Waals surface area contributed by atoms with Gasteiger partial charge in [0.15, 0.2) is 0 Å². The first-order chi connectivity index (χ1) is 16.1. The van der Waals surface area contributed by atoms with Crippen LogP contribution in [-0.4, -0.2) is 13.0 Å². The maximum Gasteiger partial charge on any atom is 0.417 e. The smallest absolute Gasteiger partial charge is 0.316 e. The Morgan fingerprint density at radius 3 is 2.18 bits per heavy atom. The van der Waals surface area contributed by atoms with E-state index >= 15 is 0 Å². The van der Waals surface area contributed by atoms with Gasteiger partial charge in [0.25, 0.3) is 10.2 Å². The van der Waals surface area contributed by atoms with E-state index in [9.17, 15) is 21.6 Å². The van der Waals surface area contributed by atoms with E-state index in [2.05, 4.69) is 4.72 Å². The Balaban J connectivity index is 1.64. The number of halogens is 3. The van der Waals surface area contributed by atoms with E-state index in [1.54, 1.807) is 6.07 Å². The number of nitrogens with one attached hydrogen (secondary N) is 1. The molecule has 0 aliphatic heterocycles. The predicted octanol–water partition coefficient (Wildman–Crippen LogP) is 6.08. The molecular formula is C25H18F3N3O2S. The third-order valence-electron chi connectivity index (χ3n) is 5.59. The molecule has 0 saturated heterocycles. The van der Waals surface area contributed by atoms with Crippen LogP contribution in [0.15, 0.2) is 91.1 Å². The number of hydrogen-bond acceptors (Lipinski definition) is 2. The highest BCUT2D eigenvalue weighted by Gasteiger charge is 2.33. The monoisotopic (exact) mass is 481 g/mol. The molecule has 0 aliphatic carbocycles. The van der Waals surface area contributed by atoms with Gasteiger partial charge >= 0.3 is 6.18 Å². The van der Waals surface area contributed by atoms with E-state index in [-0.39, 0.29) is 5.69 Å². The first kappa shape index (κ1) is 22.0. The summed E-state index contributed by atoms with van der Waals surface area (Å²) in [7, 11) is -3.96. The van der Waals surface area contributed by atoms with Crippen molar-refractivity contribution in [3.8, 4) is 16.9 Å². The van der Waals surface area contributed by atoms with Crippen LogP contribution in [-0.2, 0) is 16.4 Å². The Hall–Kier alpha value is -3.82. The van der Waals surface area contributed by atoms with Gasteiger partial charge in [0.2, 0.25) is 0 Å². The summed E-state index contributed by atoms with van der Waals surface area (Å²) in [4.78, 5) is 0. The minimum atomic E-state index is -4.53. The molecule has 34 heavy (non-hydrogen) atoms. The molecule has 3 N–H and O–H groups in total. The van der Waals surface area contributed by atoms with Gasteiger partial charge in [-0.3, -0.25) is 4.72 Å². The molecular weight excluding hydrogens is 463 g/mol. The summed E-state index contributed by atoms with van der Waals surface area (Å²) in [6, 6.07) is 24.5. The molecule has 0 bridgehead atoms. The molecule has 9 heteroatoms. The Kier molecular flexibility index (Phi) is 5.11. The van der Waals surface area contributed by atoms with Crippen molar-refractivity contribution in [2.75, 3.05) is 4.72 Å². The number of nitrogens with two attached hydrogens (primary N) is 1.